The molecule has 0 bridgehead atoms. The second-order valence-corrected chi connectivity index (χ2v) is 3.33. The van der Waals surface area contributed by atoms with Crippen molar-refractivity contribution in [2.75, 3.05) is 6.54 Å². The molecular weight excluding hydrogens is 170 g/mol. The Labute approximate surface area is 76.2 Å². The fraction of sp³-hybridized carbons (Fsp3) is 0.556. The first-order valence-corrected chi connectivity index (χ1v) is 4.32. The van der Waals surface area contributed by atoms with E-state index in [1.807, 2.05) is 0 Å². The van der Waals surface area contributed by atoms with E-state index >= 15 is 0 Å². The summed E-state index contributed by atoms with van der Waals surface area (Å²) in [7, 11) is 0. The average molecular weight is 181 g/mol. The first kappa shape index (κ1) is 8.44. The molecule has 0 radical (unpaired) electrons. The Morgan fingerprint density at radius 1 is 1.69 bits per heavy atom. The van der Waals surface area contributed by atoms with Crippen molar-refractivity contribution in [3.8, 4) is 0 Å². The van der Waals surface area contributed by atoms with E-state index in [0.717, 1.165) is 0 Å². The van der Waals surface area contributed by atoms with Crippen molar-refractivity contribution in [1.82, 2.24) is 4.90 Å². The molecule has 13 heavy (non-hydrogen) atoms. The largest absolute Gasteiger partial charge is 0.343 e. The molecule has 70 valence electrons. The normalized spacial score (nSPS) is 30.2. The molecule has 2 aliphatic rings. The van der Waals surface area contributed by atoms with Crippen molar-refractivity contribution >= 4 is 11.7 Å². The summed E-state index contributed by atoms with van der Waals surface area (Å²) in [5.74, 6) is 0.0413. The van der Waals surface area contributed by atoms with Crippen LogP contribution >= 0.6 is 0 Å². The maximum Gasteiger partial charge on any atom is 0.248 e. The Morgan fingerprint density at radius 2 is 2.46 bits per heavy atom. The molecule has 4 nitrogen and oxygen atoms in total. The van der Waals surface area contributed by atoms with Crippen molar-refractivity contribution in [1.29, 1.82) is 0 Å². The van der Waals surface area contributed by atoms with Crippen molar-refractivity contribution in [3.63, 3.8) is 0 Å². The van der Waals surface area contributed by atoms with Crippen LogP contribution in [0.15, 0.2) is 12.2 Å². The van der Waals surface area contributed by atoms with Gasteiger partial charge < -0.3 is 9.64 Å². The summed E-state index contributed by atoms with van der Waals surface area (Å²) < 4.78 is 5.20. The smallest absolute Gasteiger partial charge is 0.248 e. The van der Waals surface area contributed by atoms with Gasteiger partial charge in [0.15, 0.2) is 6.23 Å². The maximum absolute atomic E-state index is 11.3. The van der Waals surface area contributed by atoms with Gasteiger partial charge in [-0.05, 0) is 13.0 Å². The number of ether oxygens (including phenoxy) is 1. The molecule has 0 spiro atoms. The van der Waals surface area contributed by atoms with Crippen LogP contribution in [0.5, 0.6) is 0 Å². The number of nitrogens with zero attached hydrogens (tertiary/aromatic N) is 1. The summed E-state index contributed by atoms with van der Waals surface area (Å²) in [6.07, 6.45) is 3.65. The maximum atomic E-state index is 11.3. The molecule has 4 heteroatoms. The SMILES string of the molecule is CC(=O)CCN1C(=O)C=CC2OC21. The van der Waals surface area contributed by atoms with Gasteiger partial charge in [0.25, 0.3) is 0 Å². The molecule has 0 saturated carbocycles. The Hall–Kier alpha value is -1.16. The minimum atomic E-state index is -0.100. The summed E-state index contributed by atoms with van der Waals surface area (Å²) in [5.41, 5.74) is 0. The van der Waals surface area contributed by atoms with Crippen molar-refractivity contribution in [2.45, 2.75) is 25.7 Å². The van der Waals surface area contributed by atoms with Crippen LogP contribution in [0.2, 0.25) is 0 Å². The molecule has 2 unspecified atom stereocenters. The van der Waals surface area contributed by atoms with E-state index in [9.17, 15) is 9.59 Å². The van der Waals surface area contributed by atoms with E-state index in [0.29, 0.717) is 13.0 Å². The number of fused-ring (bicyclic) bond motifs is 1. The molecule has 2 rings (SSSR count). The van der Waals surface area contributed by atoms with Gasteiger partial charge >= 0.3 is 0 Å². The first-order chi connectivity index (χ1) is 6.18. The quantitative estimate of drug-likeness (QED) is 0.580. The van der Waals surface area contributed by atoms with Gasteiger partial charge in [-0.1, -0.05) is 0 Å². The molecule has 0 N–H and O–H groups in total. The van der Waals surface area contributed by atoms with Crippen LogP contribution in [-0.4, -0.2) is 35.5 Å². The van der Waals surface area contributed by atoms with Crippen molar-refractivity contribution in [3.05, 3.63) is 12.2 Å². The van der Waals surface area contributed by atoms with Crippen LogP contribution in [0.25, 0.3) is 0 Å². The van der Waals surface area contributed by atoms with E-state index < -0.39 is 0 Å². The van der Waals surface area contributed by atoms with E-state index in [-0.39, 0.29) is 24.0 Å². The average Bonchev–Trinajstić information content (AvgIpc) is 2.81. The molecule has 2 heterocycles. The number of hydrogen-bond donors (Lipinski definition) is 0. The van der Waals surface area contributed by atoms with Crippen LogP contribution in [0.3, 0.4) is 0 Å². The van der Waals surface area contributed by atoms with E-state index in [4.69, 9.17) is 4.74 Å². The fourth-order valence-corrected chi connectivity index (χ4v) is 1.42. The second-order valence-electron chi connectivity index (χ2n) is 3.33. The molecule has 1 amide bonds. The highest BCUT2D eigenvalue weighted by Gasteiger charge is 2.46. The number of hydrogen-bond acceptors (Lipinski definition) is 3. The molecule has 0 aliphatic carbocycles. The second kappa shape index (κ2) is 2.96. The predicted octanol–water partition coefficient (Wildman–Crippen LogP) is 0.0888. The first-order valence-electron chi connectivity index (χ1n) is 4.32. The summed E-state index contributed by atoms with van der Waals surface area (Å²) in [6.45, 7) is 2.00. The predicted molar refractivity (Wildman–Crippen MR) is 44.8 cm³/mol. The lowest BCUT2D eigenvalue weighted by Gasteiger charge is -2.19. The van der Waals surface area contributed by atoms with Crippen LogP contribution in [0, 0.1) is 0 Å². The van der Waals surface area contributed by atoms with Gasteiger partial charge in [-0.15, -0.1) is 0 Å². The van der Waals surface area contributed by atoms with Gasteiger partial charge in [0.1, 0.15) is 11.9 Å². The molecular formula is C9H11NO3. The lowest BCUT2D eigenvalue weighted by atomic mass is 10.2. The Balaban J connectivity index is 1.95. The minimum absolute atomic E-state index is 0.0556. The standard InChI is InChI=1S/C9H11NO3/c1-6(11)4-5-10-8(12)3-2-7-9(10)13-7/h2-3,7,9H,4-5H2,1H3. The van der Waals surface area contributed by atoms with Crippen LogP contribution in [0.1, 0.15) is 13.3 Å². The lowest BCUT2D eigenvalue weighted by Crippen LogP contribution is -2.37. The van der Waals surface area contributed by atoms with Gasteiger partial charge in [-0.2, -0.15) is 0 Å². The third kappa shape index (κ3) is 1.62. The topological polar surface area (TPSA) is 49.9 Å². The number of carbonyl (C=O) groups is 2. The summed E-state index contributed by atoms with van der Waals surface area (Å²) in [5, 5.41) is 0. The summed E-state index contributed by atoms with van der Waals surface area (Å²) >= 11 is 0. The van der Waals surface area contributed by atoms with Gasteiger partial charge in [0.05, 0.1) is 0 Å². The van der Waals surface area contributed by atoms with Gasteiger partial charge in [0.2, 0.25) is 5.91 Å². The summed E-state index contributed by atoms with van der Waals surface area (Å²) in [4.78, 5) is 23.6. The van der Waals surface area contributed by atoms with E-state index in [2.05, 4.69) is 0 Å². The molecule has 0 aromatic heterocycles. The zero-order valence-corrected chi connectivity index (χ0v) is 7.40. The molecule has 0 aromatic carbocycles. The highest BCUT2D eigenvalue weighted by atomic mass is 16.6. The number of epoxide rings is 1. The Kier molecular flexibility index (Phi) is 1.92. The van der Waals surface area contributed by atoms with Crippen LogP contribution in [-0.2, 0) is 14.3 Å². The third-order valence-corrected chi connectivity index (χ3v) is 2.22. The van der Waals surface area contributed by atoms with Crippen molar-refractivity contribution < 1.29 is 14.3 Å². The molecule has 1 fully saturated rings. The van der Waals surface area contributed by atoms with Gasteiger partial charge in [0, 0.05) is 19.0 Å². The zero-order valence-electron chi connectivity index (χ0n) is 7.40. The van der Waals surface area contributed by atoms with E-state index in [1.165, 1.54) is 13.0 Å². The highest BCUT2D eigenvalue weighted by Crippen LogP contribution is 2.30. The monoisotopic (exact) mass is 181 g/mol. The summed E-state index contributed by atoms with van der Waals surface area (Å²) in [6, 6.07) is 0. The fourth-order valence-electron chi connectivity index (χ4n) is 1.42. The third-order valence-electron chi connectivity index (χ3n) is 2.22. The number of carbonyl (C=O) groups excluding carboxylic acids is 2. The number of Topliss-reactive ketones (excluding diaryl/α,β-unsaturated/α-hetero) is 1. The molecule has 0 aromatic rings. The minimum Gasteiger partial charge on any atom is -0.343 e. The highest BCUT2D eigenvalue weighted by molar-refractivity contribution is 5.89. The van der Waals surface area contributed by atoms with Crippen LogP contribution < -0.4 is 0 Å². The Morgan fingerprint density at radius 3 is 3.15 bits per heavy atom. The molecule has 1 saturated heterocycles. The lowest BCUT2D eigenvalue weighted by molar-refractivity contribution is -0.129. The Bertz CT molecular complexity index is 285. The van der Waals surface area contributed by atoms with Gasteiger partial charge in [-0.3, -0.25) is 9.59 Å². The number of rotatable bonds is 3. The van der Waals surface area contributed by atoms with Crippen LogP contribution in [0.4, 0.5) is 0 Å². The van der Waals surface area contributed by atoms with Crippen molar-refractivity contribution in [2.24, 2.45) is 0 Å². The number of ketones is 1. The van der Waals surface area contributed by atoms with E-state index in [1.54, 1.807) is 11.0 Å². The zero-order chi connectivity index (χ0) is 9.42. The van der Waals surface area contributed by atoms with Gasteiger partial charge in [-0.25, -0.2) is 0 Å². The molecule has 2 atom stereocenters. The number of amides is 1. The molecule has 2 aliphatic heterocycles.